The number of carbonyl (C=O) groups excluding carboxylic acids is 1. The maximum Gasteiger partial charge on any atom is 0.157 e. The molecule has 0 spiro atoms. The molecule has 1 aliphatic carbocycles. The molecule has 0 amide bonds. The van der Waals surface area contributed by atoms with Gasteiger partial charge in [0.15, 0.2) is 5.78 Å². The Labute approximate surface area is 89.5 Å². The maximum absolute atomic E-state index is 12.0. The van der Waals surface area contributed by atoms with Gasteiger partial charge in [0.25, 0.3) is 0 Å². The van der Waals surface area contributed by atoms with Gasteiger partial charge in [-0.05, 0) is 18.4 Å². The summed E-state index contributed by atoms with van der Waals surface area (Å²) in [7, 11) is 1.85. The van der Waals surface area contributed by atoms with Gasteiger partial charge in [-0.1, -0.05) is 12.8 Å². The fourth-order valence-electron chi connectivity index (χ4n) is 2.21. The number of hydrogen-bond acceptors (Lipinski definition) is 3. The lowest BCUT2D eigenvalue weighted by molar-refractivity contribution is -0.123. The third-order valence-corrected chi connectivity index (χ3v) is 3.17. The van der Waals surface area contributed by atoms with Crippen LogP contribution in [0.3, 0.4) is 0 Å². The molecule has 0 atom stereocenters. The fourth-order valence-corrected chi connectivity index (χ4v) is 2.21. The van der Waals surface area contributed by atoms with Crippen molar-refractivity contribution >= 4 is 5.78 Å². The van der Waals surface area contributed by atoms with E-state index in [0.29, 0.717) is 6.42 Å². The molecule has 1 fully saturated rings. The zero-order chi connectivity index (χ0) is 10.9. The fraction of sp³-hybridized carbons (Fsp3) is 0.636. The molecular formula is C11H17N3O. The number of rotatable bonds is 3. The van der Waals surface area contributed by atoms with Gasteiger partial charge in [-0.2, -0.15) is 5.10 Å². The van der Waals surface area contributed by atoms with E-state index in [1.54, 1.807) is 10.9 Å². The number of Topliss-reactive ketones (excluding diaryl/α,β-unsaturated/α-hetero) is 1. The SMILES string of the molecule is Cn1cc(CC(=O)C2(N)CCCC2)cn1. The molecule has 1 saturated carbocycles. The Balaban J connectivity index is 2.03. The zero-order valence-electron chi connectivity index (χ0n) is 9.07. The van der Waals surface area contributed by atoms with Crippen LogP contribution in [0.25, 0.3) is 0 Å². The summed E-state index contributed by atoms with van der Waals surface area (Å²) in [5, 5.41) is 4.04. The molecule has 1 aromatic rings. The molecule has 0 unspecified atom stereocenters. The number of carbonyl (C=O) groups is 1. The van der Waals surface area contributed by atoms with Gasteiger partial charge in [0.1, 0.15) is 0 Å². The molecule has 1 aromatic heterocycles. The van der Waals surface area contributed by atoms with E-state index in [1.807, 2.05) is 13.2 Å². The molecule has 82 valence electrons. The second-order valence-electron chi connectivity index (χ2n) is 4.49. The van der Waals surface area contributed by atoms with Crippen molar-refractivity contribution in [2.24, 2.45) is 12.8 Å². The largest absolute Gasteiger partial charge is 0.319 e. The van der Waals surface area contributed by atoms with E-state index in [2.05, 4.69) is 5.10 Å². The van der Waals surface area contributed by atoms with Gasteiger partial charge in [-0.3, -0.25) is 9.48 Å². The summed E-state index contributed by atoms with van der Waals surface area (Å²) in [5.41, 5.74) is 6.48. The summed E-state index contributed by atoms with van der Waals surface area (Å²) in [4.78, 5) is 12.0. The minimum Gasteiger partial charge on any atom is -0.319 e. The van der Waals surface area contributed by atoms with Crippen LogP contribution in [-0.2, 0) is 18.3 Å². The van der Waals surface area contributed by atoms with Crippen LogP contribution in [0.15, 0.2) is 12.4 Å². The average Bonchev–Trinajstić information content (AvgIpc) is 2.76. The zero-order valence-corrected chi connectivity index (χ0v) is 9.07. The van der Waals surface area contributed by atoms with E-state index in [-0.39, 0.29) is 5.78 Å². The number of aromatic nitrogens is 2. The first-order valence-corrected chi connectivity index (χ1v) is 5.40. The number of nitrogens with zero attached hydrogens (tertiary/aromatic N) is 2. The van der Waals surface area contributed by atoms with Crippen LogP contribution in [0, 0.1) is 0 Å². The van der Waals surface area contributed by atoms with E-state index in [4.69, 9.17) is 5.73 Å². The van der Waals surface area contributed by atoms with Gasteiger partial charge in [0, 0.05) is 19.7 Å². The molecule has 0 bridgehead atoms. The van der Waals surface area contributed by atoms with Crippen molar-refractivity contribution in [2.75, 3.05) is 0 Å². The third-order valence-electron chi connectivity index (χ3n) is 3.17. The highest BCUT2D eigenvalue weighted by Crippen LogP contribution is 2.28. The van der Waals surface area contributed by atoms with Crippen LogP contribution >= 0.6 is 0 Å². The van der Waals surface area contributed by atoms with E-state index in [1.165, 1.54) is 0 Å². The highest BCUT2D eigenvalue weighted by atomic mass is 16.1. The Kier molecular flexibility index (Phi) is 2.61. The van der Waals surface area contributed by atoms with Crippen molar-refractivity contribution in [1.82, 2.24) is 9.78 Å². The minimum absolute atomic E-state index is 0.160. The van der Waals surface area contributed by atoms with Crippen LogP contribution in [0.1, 0.15) is 31.2 Å². The predicted molar refractivity (Wildman–Crippen MR) is 57.3 cm³/mol. The second-order valence-corrected chi connectivity index (χ2v) is 4.49. The van der Waals surface area contributed by atoms with Gasteiger partial charge in [-0.15, -0.1) is 0 Å². The molecule has 0 saturated heterocycles. The van der Waals surface area contributed by atoms with Gasteiger partial charge >= 0.3 is 0 Å². The van der Waals surface area contributed by atoms with Gasteiger partial charge in [0.05, 0.1) is 11.7 Å². The summed E-state index contributed by atoms with van der Waals surface area (Å²) < 4.78 is 1.71. The number of aryl methyl sites for hydroxylation is 1. The van der Waals surface area contributed by atoms with E-state index >= 15 is 0 Å². The Hall–Kier alpha value is -1.16. The molecule has 1 heterocycles. The monoisotopic (exact) mass is 207 g/mol. The molecule has 4 heteroatoms. The summed E-state index contributed by atoms with van der Waals surface area (Å²) >= 11 is 0. The van der Waals surface area contributed by atoms with Crippen LogP contribution in [0.4, 0.5) is 0 Å². The lowest BCUT2D eigenvalue weighted by Crippen LogP contribution is -2.46. The number of nitrogens with two attached hydrogens (primary N) is 1. The van der Waals surface area contributed by atoms with Crippen molar-refractivity contribution in [2.45, 2.75) is 37.6 Å². The molecule has 1 aliphatic rings. The Morgan fingerprint density at radius 3 is 2.80 bits per heavy atom. The topological polar surface area (TPSA) is 60.9 Å². The average molecular weight is 207 g/mol. The first-order valence-electron chi connectivity index (χ1n) is 5.40. The standard InChI is InChI=1S/C11H17N3O/c1-14-8-9(7-13-14)6-10(15)11(12)4-2-3-5-11/h7-8H,2-6,12H2,1H3. The van der Waals surface area contributed by atoms with E-state index < -0.39 is 5.54 Å². The third kappa shape index (κ3) is 2.09. The Morgan fingerprint density at radius 2 is 2.27 bits per heavy atom. The lowest BCUT2D eigenvalue weighted by atomic mass is 9.90. The van der Waals surface area contributed by atoms with Crippen molar-refractivity contribution in [1.29, 1.82) is 0 Å². The van der Waals surface area contributed by atoms with Gasteiger partial charge in [-0.25, -0.2) is 0 Å². The number of hydrogen-bond donors (Lipinski definition) is 1. The summed E-state index contributed by atoms with van der Waals surface area (Å²) in [6, 6.07) is 0. The smallest absolute Gasteiger partial charge is 0.157 e. The summed E-state index contributed by atoms with van der Waals surface area (Å²) in [6.45, 7) is 0. The van der Waals surface area contributed by atoms with Crippen LogP contribution in [0.2, 0.25) is 0 Å². The normalized spacial score (nSPS) is 19.3. The first-order chi connectivity index (χ1) is 7.10. The molecular weight excluding hydrogens is 190 g/mol. The Bertz CT molecular complexity index is 364. The van der Waals surface area contributed by atoms with Crippen molar-refractivity contribution in [3.63, 3.8) is 0 Å². The molecule has 15 heavy (non-hydrogen) atoms. The highest BCUT2D eigenvalue weighted by Gasteiger charge is 2.36. The quantitative estimate of drug-likeness (QED) is 0.797. The minimum atomic E-state index is -0.560. The van der Waals surface area contributed by atoms with Crippen molar-refractivity contribution < 1.29 is 4.79 Å². The van der Waals surface area contributed by atoms with Crippen molar-refractivity contribution in [3.05, 3.63) is 18.0 Å². The molecule has 0 radical (unpaired) electrons. The highest BCUT2D eigenvalue weighted by molar-refractivity contribution is 5.90. The molecule has 4 nitrogen and oxygen atoms in total. The molecule has 2 N–H and O–H groups in total. The number of ketones is 1. The van der Waals surface area contributed by atoms with Gasteiger partial charge < -0.3 is 5.73 Å². The molecule has 2 rings (SSSR count). The van der Waals surface area contributed by atoms with E-state index in [9.17, 15) is 4.79 Å². The van der Waals surface area contributed by atoms with Crippen LogP contribution in [0.5, 0.6) is 0 Å². The Morgan fingerprint density at radius 1 is 1.60 bits per heavy atom. The van der Waals surface area contributed by atoms with Gasteiger partial charge in [0.2, 0.25) is 0 Å². The summed E-state index contributed by atoms with van der Waals surface area (Å²) in [6.07, 6.45) is 7.86. The predicted octanol–water partition coefficient (Wildman–Crippen LogP) is 0.803. The van der Waals surface area contributed by atoms with Crippen LogP contribution in [-0.4, -0.2) is 21.1 Å². The lowest BCUT2D eigenvalue weighted by Gasteiger charge is -2.21. The van der Waals surface area contributed by atoms with Crippen LogP contribution < -0.4 is 5.73 Å². The first kappa shape index (κ1) is 10.4. The molecule has 0 aromatic carbocycles. The van der Waals surface area contributed by atoms with E-state index in [0.717, 1.165) is 31.2 Å². The summed E-state index contributed by atoms with van der Waals surface area (Å²) in [5.74, 6) is 0.160. The maximum atomic E-state index is 12.0. The molecule has 0 aliphatic heterocycles. The second kappa shape index (κ2) is 3.77. The van der Waals surface area contributed by atoms with Crippen molar-refractivity contribution in [3.8, 4) is 0 Å².